The highest BCUT2D eigenvalue weighted by molar-refractivity contribution is 5.45. The van der Waals surface area contributed by atoms with Crippen LogP contribution in [0.15, 0.2) is 29.1 Å². The predicted octanol–water partition coefficient (Wildman–Crippen LogP) is 0.408. The van der Waals surface area contributed by atoms with Crippen molar-refractivity contribution in [1.29, 1.82) is 0 Å². The van der Waals surface area contributed by atoms with Gasteiger partial charge in [0.1, 0.15) is 6.54 Å². The van der Waals surface area contributed by atoms with Crippen molar-refractivity contribution >= 4 is 0 Å². The molecule has 88 valence electrons. The average molecular weight is 232 g/mol. The third-order valence-corrected chi connectivity index (χ3v) is 3.12. The van der Waals surface area contributed by atoms with Crippen LogP contribution in [-0.4, -0.2) is 17.0 Å². The number of benzene rings is 1. The van der Waals surface area contributed by atoms with E-state index in [2.05, 4.69) is 5.21 Å². The van der Waals surface area contributed by atoms with E-state index in [1.807, 2.05) is 28.9 Å². The summed E-state index contributed by atoms with van der Waals surface area (Å²) in [5.41, 5.74) is 1.62. The lowest BCUT2D eigenvalue weighted by Gasteiger charge is -2.02. The minimum Gasteiger partial charge on any atom is -0.492 e. The van der Waals surface area contributed by atoms with Crippen molar-refractivity contribution < 1.29 is 9.42 Å². The van der Waals surface area contributed by atoms with Crippen LogP contribution in [0, 0.1) is 0 Å². The molecule has 0 aliphatic carbocycles. The van der Waals surface area contributed by atoms with Crippen molar-refractivity contribution in [3.63, 3.8) is 0 Å². The van der Waals surface area contributed by atoms with Crippen LogP contribution in [0.1, 0.15) is 12.1 Å². The summed E-state index contributed by atoms with van der Waals surface area (Å²) in [5, 5.41) is 3.09. The van der Waals surface area contributed by atoms with Gasteiger partial charge in [-0.1, -0.05) is 22.0 Å². The van der Waals surface area contributed by atoms with Crippen molar-refractivity contribution in [1.82, 2.24) is 9.90 Å². The summed E-state index contributed by atoms with van der Waals surface area (Å²) in [4.78, 5) is 12.2. The summed E-state index contributed by atoms with van der Waals surface area (Å²) in [6.07, 6.45) is 1.88. The Kier molecular flexibility index (Phi) is 2.24. The largest absolute Gasteiger partial charge is 0.492 e. The number of nitrogens with one attached hydrogen (secondary N) is 1. The Hall–Kier alpha value is -2.04. The number of aromatic amines is 1. The Bertz CT molecular complexity index is 612. The summed E-state index contributed by atoms with van der Waals surface area (Å²) < 4.78 is 8.73. The predicted molar refractivity (Wildman–Crippen MR) is 61.5 cm³/mol. The van der Waals surface area contributed by atoms with Gasteiger partial charge in [-0.3, -0.25) is 0 Å². The van der Waals surface area contributed by atoms with E-state index >= 15 is 0 Å². The second-order valence-electron chi connectivity index (χ2n) is 4.11. The van der Waals surface area contributed by atoms with Gasteiger partial charge in [0.15, 0.2) is 11.4 Å². The van der Waals surface area contributed by atoms with Gasteiger partial charge in [0.05, 0.1) is 7.11 Å². The molecule has 5 heteroatoms. The topological polar surface area (TPSA) is 50.9 Å². The van der Waals surface area contributed by atoms with Gasteiger partial charge in [-0.05, 0) is 18.6 Å². The lowest BCUT2D eigenvalue weighted by molar-refractivity contribution is -0.749. The molecular weight excluding hydrogens is 218 g/mol. The van der Waals surface area contributed by atoms with Crippen molar-refractivity contribution in [2.24, 2.45) is 0 Å². The first-order valence-electron chi connectivity index (χ1n) is 5.68. The Morgan fingerprint density at radius 3 is 3.00 bits per heavy atom. The minimum absolute atomic E-state index is 0.0204. The highest BCUT2D eigenvalue weighted by Crippen LogP contribution is 2.19. The maximum Gasteiger partial charge on any atom is 0.401 e. The number of para-hydroxylation sites is 2. The van der Waals surface area contributed by atoms with Gasteiger partial charge in [-0.2, -0.15) is 4.68 Å². The maximum atomic E-state index is 12.2. The SMILES string of the molecule is COc1ccccc1-n1[nH][n+]2c(c1=O)CCC2. The van der Waals surface area contributed by atoms with Gasteiger partial charge in [-0.15, -0.1) is 0 Å². The van der Waals surface area contributed by atoms with E-state index in [1.165, 1.54) is 0 Å². The molecule has 0 amide bonds. The number of aryl methyl sites for hydroxylation is 1. The standard InChI is InChI=1S/C12H13N3O2/c1-17-11-7-3-2-5-9(11)15-12(16)10-6-4-8-14(10)13-15/h2-3,5,7H,4,6,8H2,1H3/p+1. The Labute approximate surface area is 98.2 Å². The fraction of sp³-hybridized carbons (Fsp3) is 0.333. The Morgan fingerprint density at radius 2 is 2.24 bits per heavy atom. The van der Waals surface area contributed by atoms with Crippen LogP contribution in [0.2, 0.25) is 0 Å². The molecule has 0 atom stereocenters. The normalized spacial score (nSPS) is 13.7. The van der Waals surface area contributed by atoms with E-state index in [0.29, 0.717) is 5.75 Å². The Morgan fingerprint density at radius 1 is 1.41 bits per heavy atom. The van der Waals surface area contributed by atoms with Gasteiger partial charge >= 0.3 is 5.56 Å². The van der Waals surface area contributed by atoms with Crippen LogP contribution in [0.5, 0.6) is 5.75 Å². The van der Waals surface area contributed by atoms with Gasteiger partial charge in [0.25, 0.3) is 0 Å². The number of nitrogens with zero attached hydrogens (tertiary/aromatic N) is 2. The van der Waals surface area contributed by atoms with Crippen LogP contribution in [-0.2, 0) is 13.0 Å². The van der Waals surface area contributed by atoms with Crippen LogP contribution in [0.3, 0.4) is 0 Å². The molecule has 3 rings (SSSR count). The molecule has 1 aromatic carbocycles. The minimum atomic E-state index is 0.0204. The van der Waals surface area contributed by atoms with Crippen molar-refractivity contribution in [2.45, 2.75) is 19.4 Å². The van der Waals surface area contributed by atoms with Crippen molar-refractivity contribution in [2.75, 3.05) is 7.11 Å². The molecule has 0 fully saturated rings. The van der Waals surface area contributed by atoms with Crippen molar-refractivity contribution in [3.8, 4) is 11.4 Å². The van der Waals surface area contributed by atoms with E-state index in [-0.39, 0.29) is 5.56 Å². The monoisotopic (exact) mass is 232 g/mol. The van der Waals surface area contributed by atoms with Gasteiger partial charge < -0.3 is 4.74 Å². The first kappa shape index (κ1) is 10.1. The van der Waals surface area contributed by atoms with Crippen LogP contribution < -0.4 is 15.0 Å². The molecule has 1 aromatic heterocycles. The molecular formula is C12H14N3O2+. The zero-order valence-corrected chi connectivity index (χ0v) is 9.64. The molecule has 2 aromatic rings. The lowest BCUT2D eigenvalue weighted by Crippen LogP contribution is -2.35. The zero-order chi connectivity index (χ0) is 11.8. The summed E-state index contributed by atoms with van der Waals surface area (Å²) >= 11 is 0. The molecule has 1 aliphatic heterocycles. The van der Waals surface area contributed by atoms with Crippen molar-refractivity contribution in [3.05, 3.63) is 40.3 Å². The highest BCUT2D eigenvalue weighted by Gasteiger charge is 2.27. The van der Waals surface area contributed by atoms with Gasteiger partial charge in [0.2, 0.25) is 5.69 Å². The van der Waals surface area contributed by atoms with Crippen LogP contribution in [0.25, 0.3) is 5.69 Å². The fourth-order valence-corrected chi connectivity index (χ4v) is 2.28. The van der Waals surface area contributed by atoms with E-state index < -0.39 is 0 Å². The average Bonchev–Trinajstić information content (AvgIpc) is 2.93. The molecule has 0 saturated heterocycles. The second kappa shape index (κ2) is 3.76. The number of ether oxygens (including phenoxy) is 1. The first-order valence-corrected chi connectivity index (χ1v) is 5.68. The van der Waals surface area contributed by atoms with E-state index in [1.54, 1.807) is 11.8 Å². The smallest absolute Gasteiger partial charge is 0.401 e. The quantitative estimate of drug-likeness (QED) is 0.762. The number of methoxy groups -OCH3 is 1. The fourth-order valence-electron chi connectivity index (χ4n) is 2.28. The number of hydrogen-bond donors (Lipinski definition) is 1. The molecule has 1 N–H and O–H groups in total. The molecule has 2 heterocycles. The molecule has 17 heavy (non-hydrogen) atoms. The second-order valence-corrected chi connectivity index (χ2v) is 4.11. The van der Waals surface area contributed by atoms with Gasteiger partial charge in [0, 0.05) is 6.42 Å². The molecule has 5 nitrogen and oxygen atoms in total. The number of H-pyrrole nitrogens is 1. The number of aromatic nitrogens is 3. The zero-order valence-electron chi connectivity index (χ0n) is 9.64. The summed E-state index contributed by atoms with van der Waals surface area (Å²) in [7, 11) is 1.60. The Balaban J connectivity index is 2.19. The van der Waals surface area contributed by atoms with E-state index in [0.717, 1.165) is 30.8 Å². The van der Waals surface area contributed by atoms with Crippen LogP contribution in [0.4, 0.5) is 0 Å². The molecule has 0 saturated carbocycles. The summed E-state index contributed by atoms with van der Waals surface area (Å²) in [6.45, 7) is 0.882. The molecule has 0 bridgehead atoms. The molecule has 1 aliphatic rings. The van der Waals surface area contributed by atoms with Crippen LogP contribution >= 0.6 is 0 Å². The van der Waals surface area contributed by atoms with E-state index in [9.17, 15) is 4.79 Å². The number of rotatable bonds is 2. The molecule has 0 unspecified atom stereocenters. The maximum absolute atomic E-state index is 12.2. The summed E-state index contributed by atoms with van der Waals surface area (Å²) in [6, 6.07) is 7.49. The number of fused-ring (bicyclic) bond motifs is 1. The third-order valence-electron chi connectivity index (χ3n) is 3.12. The molecule has 0 radical (unpaired) electrons. The lowest BCUT2D eigenvalue weighted by atomic mass is 10.3. The first-order chi connectivity index (χ1) is 8.31. The van der Waals surface area contributed by atoms with Gasteiger partial charge in [-0.25, -0.2) is 4.79 Å². The highest BCUT2D eigenvalue weighted by atomic mass is 16.5. The summed E-state index contributed by atoms with van der Waals surface area (Å²) in [5.74, 6) is 0.690. The molecule has 0 spiro atoms. The number of hydrogen-bond acceptors (Lipinski definition) is 2. The third kappa shape index (κ3) is 1.46. The van der Waals surface area contributed by atoms with E-state index in [4.69, 9.17) is 4.74 Å².